The van der Waals surface area contributed by atoms with E-state index in [4.69, 9.17) is 23.2 Å². The van der Waals surface area contributed by atoms with Crippen molar-refractivity contribution in [1.29, 1.82) is 0 Å². The Bertz CT molecular complexity index is 691. The number of anilines is 2. The highest BCUT2D eigenvalue weighted by molar-refractivity contribution is 6.36. The molecular weight excluding hydrogens is 319 g/mol. The maximum Gasteiger partial charge on any atom is 0.243 e. The van der Waals surface area contributed by atoms with Gasteiger partial charge in [0, 0.05) is 10.7 Å². The number of benzene rings is 2. The first-order chi connectivity index (χ1) is 10.4. The van der Waals surface area contributed by atoms with Gasteiger partial charge in [-0.2, -0.15) is 0 Å². The summed E-state index contributed by atoms with van der Waals surface area (Å²) in [6, 6.07) is 9.14. The number of hydrogen-bond donors (Lipinski definition) is 2. The van der Waals surface area contributed by atoms with Crippen LogP contribution in [-0.2, 0) is 4.79 Å². The molecule has 22 heavy (non-hydrogen) atoms. The summed E-state index contributed by atoms with van der Waals surface area (Å²) in [7, 11) is 0. The molecule has 0 radical (unpaired) electrons. The van der Waals surface area contributed by atoms with Gasteiger partial charge in [-0.25, -0.2) is 0 Å². The lowest BCUT2D eigenvalue weighted by molar-refractivity contribution is -0.114. The standard InChI is InChI=1S/C17H18Cl2N2O/c1-10-6-11(2)17(12(3)7-10)20-9-16(22)21-15-5-4-13(18)8-14(15)19/h4-8,20H,9H2,1-3H3,(H,21,22). The Hall–Kier alpha value is -1.71. The highest BCUT2D eigenvalue weighted by Crippen LogP contribution is 2.25. The molecule has 0 bridgehead atoms. The molecule has 2 N–H and O–H groups in total. The van der Waals surface area contributed by atoms with Crippen molar-refractivity contribution in [3.05, 3.63) is 57.1 Å². The third-order valence-electron chi connectivity index (χ3n) is 3.31. The minimum Gasteiger partial charge on any atom is -0.376 e. The van der Waals surface area contributed by atoms with Gasteiger partial charge in [0.1, 0.15) is 0 Å². The molecule has 5 heteroatoms. The first kappa shape index (κ1) is 16.7. The van der Waals surface area contributed by atoms with Crippen molar-refractivity contribution in [2.75, 3.05) is 17.2 Å². The number of nitrogens with one attached hydrogen (secondary N) is 2. The van der Waals surface area contributed by atoms with Crippen molar-refractivity contribution >= 4 is 40.5 Å². The van der Waals surface area contributed by atoms with Crippen LogP contribution in [0.5, 0.6) is 0 Å². The van der Waals surface area contributed by atoms with E-state index >= 15 is 0 Å². The number of amides is 1. The highest BCUT2D eigenvalue weighted by Gasteiger charge is 2.08. The molecule has 116 valence electrons. The van der Waals surface area contributed by atoms with Gasteiger partial charge in [0.25, 0.3) is 0 Å². The molecule has 0 aromatic heterocycles. The second-order valence-corrected chi connectivity index (χ2v) is 6.14. The van der Waals surface area contributed by atoms with Crippen LogP contribution in [0.4, 0.5) is 11.4 Å². The fourth-order valence-corrected chi connectivity index (χ4v) is 2.87. The number of aryl methyl sites for hydroxylation is 3. The molecule has 0 heterocycles. The first-order valence-electron chi connectivity index (χ1n) is 6.93. The Kier molecular flexibility index (Phi) is 5.33. The molecule has 2 aromatic carbocycles. The number of rotatable bonds is 4. The summed E-state index contributed by atoms with van der Waals surface area (Å²) in [5, 5.41) is 6.90. The van der Waals surface area contributed by atoms with Crippen molar-refractivity contribution < 1.29 is 4.79 Å². The fraction of sp³-hybridized carbons (Fsp3) is 0.235. The predicted molar refractivity (Wildman–Crippen MR) is 94.2 cm³/mol. The van der Waals surface area contributed by atoms with E-state index in [9.17, 15) is 4.79 Å². The minimum absolute atomic E-state index is 0.163. The van der Waals surface area contributed by atoms with Crippen LogP contribution >= 0.6 is 23.2 Å². The van der Waals surface area contributed by atoms with E-state index in [-0.39, 0.29) is 12.5 Å². The van der Waals surface area contributed by atoms with Crippen LogP contribution in [0.15, 0.2) is 30.3 Å². The van der Waals surface area contributed by atoms with Gasteiger partial charge in [0.2, 0.25) is 5.91 Å². The molecule has 0 saturated carbocycles. The lowest BCUT2D eigenvalue weighted by atomic mass is 10.1. The fourth-order valence-electron chi connectivity index (χ4n) is 2.41. The van der Waals surface area contributed by atoms with E-state index in [1.54, 1.807) is 18.2 Å². The van der Waals surface area contributed by atoms with Crippen LogP contribution in [0.3, 0.4) is 0 Å². The second-order valence-electron chi connectivity index (χ2n) is 5.30. The maximum absolute atomic E-state index is 12.0. The smallest absolute Gasteiger partial charge is 0.243 e. The molecular formula is C17H18Cl2N2O. The highest BCUT2D eigenvalue weighted by atomic mass is 35.5. The van der Waals surface area contributed by atoms with Crippen molar-refractivity contribution in [2.24, 2.45) is 0 Å². The number of carbonyl (C=O) groups excluding carboxylic acids is 1. The molecule has 0 fully saturated rings. The Morgan fingerprint density at radius 2 is 1.68 bits per heavy atom. The maximum atomic E-state index is 12.0. The Labute approximate surface area is 140 Å². The van der Waals surface area contributed by atoms with E-state index in [0.29, 0.717) is 15.7 Å². The van der Waals surface area contributed by atoms with Gasteiger partial charge in [0.15, 0.2) is 0 Å². The van der Waals surface area contributed by atoms with E-state index in [1.165, 1.54) is 5.56 Å². The van der Waals surface area contributed by atoms with Crippen LogP contribution < -0.4 is 10.6 Å². The normalized spacial score (nSPS) is 10.4. The Morgan fingerprint density at radius 3 is 2.27 bits per heavy atom. The van der Waals surface area contributed by atoms with E-state index < -0.39 is 0 Å². The summed E-state index contributed by atoms with van der Waals surface area (Å²) in [6.07, 6.45) is 0. The molecule has 2 rings (SSSR count). The van der Waals surface area contributed by atoms with Crippen molar-refractivity contribution in [2.45, 2.75) is 20.8 Å². The van der Waals surface area contributed by atoms with Crippen LogP contribution in [-0.4, -0.2) is 12.5 Å². The third kappa shape index (κ3) is 4.15. The minimum atomic E-state index is -0.163. The summed E-state index contributed by atoms with van der Waals surface area (Å²) in [5.74, 6) is -0.163. The SMILES string of the molecule is Cc1cc(C)c(NCC(=O)Nc2ccc(Cl)cc2Cl)c(C)c1. The largest absolute Gasteiger partial charge is 0.376 e. The number of halogens is 2. The molecule has 0 spiro atoms. The van der Waals surface area contributed by atoms with Gasteiger partial charge >= 0.3 is 0 Å². The lowest BCUT2D eigenvalue weighted by Gasteiger charge is -2.14. The van der Waals surface area contributed by atoms with Crippen molar-refractivity contribution in [3.63, 3.8) is 0 Å². The Balaban J connectivity index is 2.02. The average Bonchev–Trinajstić information content (AvgIpc) is 2.40. The van der Waals surface area contributed by atoms with Gasteiger partial charge < -0.3 is 10.6 Å². The first-order valence-corrected chi connectivity index (χ1v) is 7.69. The molecule has 2 aromatic rings. The van der Waals surface area contributed by atoms with Gasteiger partial charge in [-0.05, 0) is 50.1 Å². The van der Waals surface area contributed by atoms with Crippen LogP contribution in [0.2, 0.25) is 10.0 Å². The summed E-state index contributed by atoms with van der Waals surface area (Å²) in [6.45, 7) is 6.27. The topological polar surface area (TPSA) is 41.1 Å². The van der Waals surface area contributed by atoms with Crippen LogP contribution in [0.25, 0.3) is 0 Å². The van der Waals surface area contributed by atoms with Gasteiger partial charge in [0.05, 0.1) is 17.3 Å². The third-order valence-corrected chi connectivity index (χ3v) is 3.86. The molecule has 0 aliphatic rings. The molecule has 1 amide bonds. The van der Waals surface area contributed by atoms with Gasteiger partial charge in [-0.15, -0.1) is 0 Å². The van der Waals surface area contributed by atoms with E-state index in [0.717, 1.165) is 16.8 Å². The van der Waals surface area contributed by atoms with Crippen molar-refractivity contribution in [3.8, 4) is 0 Å². The number of hydrogen-bond acceptors (Lipinski definition) is 2. The van der Waals surface area contributed by atoms with Gasteiger partial charge in [-0.1, -0.05) is 40.9 Å². The predicted octanol–water partition coefficient (Wildman–Crippen LogP) is 4.97. The average molecular weight is 337 g/mol. The monoisotopic (exact) mass is 336 g/mol. The summed E-state index contributed by atoms with van der Waals surface area (Å²) >= 11 is 11.9. The van der Waals surface area contributed by atoms with E-state index in [2.05, 4.69) is 29.7 Å². The molecule has 0 aliphatic heterocycles. The van der Waals surface area contributed by atoms with E-state index in [1.807, 2.05) is 13.8 Å². The van der Waals surface area contributed by atoms with Crippen LogP contribution in [0, 0.1) is 20.8 Å². The molecule has 3 nitrogen and oxygen atoms in total. The zero-order valence-corrected chi connectivity index (χ0v) is 14.3. The van der Waals surface area contributed by atoms with Gasteiger partial charge in [-0.3, -0.25) is 4.79 Å². The Morgan fingerprint density at radius 1 is 1.05 bits per heavy atom. The summed E-state index contributed by atoms with van der Waals surface area (Å²) < 4.78 is 0. The van der Waals surface area contributed by atoms with Crippen molar-refractivity contribution in [1.82, 2.24) is 0 Å². The summed E-state index contributed by atoms with van der Waals surface area (Å²) in [5.41, 5.74) is 4.99. The zero-order valence-electron chi connectivity index (χ0n) is 12.8. The zero-order chi connectivity index (χ0) is 16.3. The second kappa shape index (κ2) is 7.03. The molecule has 0 saturated heterocycles. The number of carbonyl (C=O) groups is 1. The quantitative estimate of drug-likeness (QED) is 0.827. The molecule has 0 unspecified atom stereocenters. The summed E-state index contributed by atoms with van der Waals surface area (Å²) in [4.78, 5) is 12.0. The van der Waals surface area contributed by atoms with Crippen LogP contribution in [0.1, 0.15) is 16.7 Å². The molecule has 0 aliphatic carbocycles. The lowest BCUT2D eigenvalue weighted by Crippen LogP contribution is -2.22. The molecule has 0 atom stereocenters.